The second-order valence-electron chi connectivity index (χ2n) is 2.73. The number of imidazole rings is 1. The maximum atomic E-state index is 11.2. The van der Waals surface area contributed by atoms with Gasteiger partial charge in [-0.2, -0.15) is 0 Å². The molecule has 0 aliphatic carbocycles. The number of H-pyrrole nitrogens is 1. The van der Waals surface area contributed by atoms with Crippen molar-refractivity contribution in [3.8, 4) is 0 Å². The fraction of sp³-hybridized carbons (Fsp3) is 0.375. The Labute approximate surface area is 85.6 Å². The highest BCUT2D eigenvalue weighted by Gasteiger charge is 2.23. The highest BCUT2D eigenvalue weighted by atomic mass is 16.6. The molecule has 0 spiro atoms. The predicted octanol–water partition coefficient (Wildman–Crippen LogP) is -0.411. The van der Waals surface area contributed by atoms with Crippen LogP contribution in [0.4, 0.5) is 4.79 Å². The number of nitrogens with zero attached hydrogens (tertiary/aromatic N) is 1. The second-order valence-corrected chi connectivity index (χ2v) is 2.73. The Morgan fingerprint density at radius 3 is 2.87 bits per heavy atom. The maximum absolute atomic E-state index is 11.2. The van der Waals surface area contributed by atoms with Gasteiger partial charge in [0.25, 0.3) is 0 Å². The average molecular weight is 213 g/mol. The van der Waals surface area contributed by atoms with E-state index in [1.807, 2.05) is 0 Å². The monoisotopic (exact) mass is 213 g/mol. The van der Waals surface area contributed by atoms with Crippen LogP contribution in [0, 0.1) is 0 Å². The summed E-state index contributed by atoms with van der Waals surface area (Å²) in [6, 6.07) is 0. The van der Waals surface area contributed by atoms with Gasteiger partial charge in [0.1, 0.15) is 0 Å². The molecule has 0 fully saturated rings. The number of hydrogen-bond acceptors (Lipinski definition) is 5. The molecule has 1 unspecified atom stereocenters. The predicted molar refractivity (Wildman–Crippen MR) is 48.8 cm³/mol. The number of nitrogens with two attached hydrogens (primary N) is 1. The molecule has 0 radical (unpaired) electrons. The van der Waals surface area contributed by atoms with Gasteiger partial charge < -0.3 is 20.2 Å². The number of carbonyl (C=O) groups excluding carboxylic acids is 2. The number of carbonyl (C=O) groups is 2. The molecule has 0 saturated carbocycles. The van der Waals surface area contributed by atoms with Gasteiger partial charge in [-0.15, -0.1) is 0 Å². The zero-order chi connectivity index (χ0) is 11.3. The van der Waals surface area contributed by atoms with E-state index in [0.29, 0.717) is 5.69 Å². The number of amides is 1. The Morgan fingerprint density at radius 1 is 1.67 bits per heavy atom. The van der Waals surface area contributed by atoms with Crippen molar-refractivity contribution in [2.75, 3.05) is 7.11 Å². The quantitative estimate of drug-likeness (QED) is 0.661. The first-order valence-electron chi connectivity index (χ1n) is 4.14. The minimum Gasteiger partial charge on any atom is -0.466 e. The molecule has 82 valence electrons. The molecule has 0 aliphatic heterocycles. The summed E-state index contributed by atoms with van der Waals surface area (Å²) in [5.41, 5.74) is 5.47. The molecule has 0 bridgehead atoms. The summed E-state index contributed by atoms with van der Waals surface area (Å²) in [6.07, 6.45) is 1.04. The van der Waals surface area contributed by atoms with E-state index in [4.69, 9.17) is 5.73 Å². The highest BCUT2D eigenvalue weighted by molar-refractivity contribution is 5.78. The van der Waals surface area contributed by atoms with Gasteiger partial charge in [0, 0.05) is 18.3 Å². The zero-order valence-corrected chi connectivity index (χ0v) is 8.10. The van der Waals surface area contributed by atoms with E-state index in [9.17, 15) is 9.59 Å². The molecule has 1 aromatic heterocycles. The Bertz CT molecular complexity index is 336. The van der Waals surface area contributed by atoms with Gasteiger partial charge >= 0.3 is 12.1 Å². The second kappa shape index (κ2) is 4.99. The van der Waals surface area contributed by atoms with Crippen LogP contribution in [0.15, 0.2) is 12.5 Å². The molecule has 1 atom stereocenters. The van der Waals surface area contributed by atoms with Crippen molar-refractivity contribution in [2.24, 2.45) is 5.73 Å². The molecular weight excluding hydrogens is 202 g/mol. The van der Waals surface area contributed by atoms with Gasteiger partial charge in [0.05, 0.1) is 13.4 Å². The molecule has 0 aromatic carbocycles. The third-order valence-electron chi connectivity index (χ3n) is 1.68. The van der Waals surface area contributed by atoms with Crippen molar-refractivity contribution in [3.63, 3.8) is 0 Å². The summed E-state index contributed by atoms with van der Waals surface area (Å²) in [7, 11) is 1.20. The van der Waals surface area contributed by atoms with Crippen LogP contribution in [0.1, 0.15) is 5.69 Å². The van der Waals surface area contributed by atoms with E-state index in [2.05, 4.69) is 19.4 Å². The van der Waals surface area contributed by atoms with Gasteiger partial charge in [0.2, 0.25) is 6.10 Å². The normalized spacial score (nSPS) is 11.8. The summed E-state index contributed by atoms with van der Waals surface area (Å²) >= 11 is 0. The average Bonchev–Trinajstić information content (AvgIpc) is 2.67. The summed E-state index contributed by atoms with van der Waals surface area (Å²) in [5.74, 6) is -0.664. The fourth-order valence-corrected chi connectivity index (χ4v) is 1.04. The highest BCUT2D eigenvalue weighted by Crippen LogP contribution is 2.04. The summed E-state index contributed by atoms with van der Waals surface area (Å²) in [5, 5.41) is 0. The summed E-state index contributed by atoms with van der Waals surface area (Å²) in [4.78, 5) is 28.2. The molecule has 1 heterocycles. The number of primary amides is 1. The first kappa shape index (κ1) is 11.0. The van der Waals surface area contributed by atoms with Crippen LogP contribution in [0.25, 0.3) is 0 Å². The van der Waals surface area contributed by atoms with Crippen molar-refractivity contribution in [2.45, 2.75) is 12.5 Å². The lowest BCUT2D eigenvalue weighted by molar-refractivity contribution is -0.150. The lowest BCUT2D eigenvalue weighted by atomic mass is 10.2. The Morgan fingerprint density at radius 2 is 2.40 bits per heavy atom. The van der Waals surface area contributed by atoms with Crippen LogP contribution in [-0.2, 0) is 20.7 Å². The molecule has 15 heavy (non-hydrogen) atoms. The van der Waals surface area contributed by atoms with Gasteiger partial charge in [-0.3, -0.25) is 0 Å². The third-order valence-corrected chi connectivity index (χ3v) is 1.68. The van der Waals surface area contributed by atoms with E-state index >= 15 is 0 Å². The fourth-order valence-electron chi connectivity index (χ4n) is 1.04. The van der Waals surface area contributed by atoms with E-state index in [1.54, 1.807) is 0 Å². The Kier molecular flexibility index (Phi) is 3.67. The molecule has 0 aliphatic rings. The number of esters is 1. The number of ether oxygens (including phenoxy) is 2. The number of methoxy groups -OCH3 is 1. The number of hydrogen-bond donors (Lipinski definition) is 2. The van der Waals surface area contributed by atoms with Crippen LogP contribution in [-0.4, -0.2) is 35.2 Å². The van der Waals surface area contributed by atoms with Gasteiger partial charge in [-0.25, -0.2) is 14.6 Å². The Balaban J connectivity index is 2.64. The molecule has 1 aromatic rings. The summed E-state index contributed by atoms with van der Waals surface area (Å²) in [6.45, 7) is 0. The number of rotatable bonds is 4. The van der Waals surface area contributed by atoms with Crippen LogP contribution in [0.3, 0.4) is 0 Å². The summed E-state index contributed by atoms with van der Waals surface area (Å²) < 4.78 is 9.05. The van der Waals surface area contributed by atoms with E-state index in [1.165, 1.54) is 19.6 Å². The topological polar surface area (TPSA) is 107 Å². The van der Waals surface area contributed by atoms with Crippen molar-refractivity contribution < 1.29 is 19.1 Å². The first-order valence-corrected chi connectivity index (χ1v) is 4.14. The van der Waals surface area contributed by atoms with E-state index in [0.717, 1.165) is 0 Å². The van der Waals surface area contributed by atoms with Crippen LogP contribution in [0.2, 0.25) is 0 Å². The lowest BCUT2D eigenvalue weighted by Gasteiger charge is -2.12. The zero-order valence-electron chi connectivity index (χ0n) is 8.10. The largest absolute Gasteiger partial charge is 0.466 e. The van der Waals surface area contributed by atoms with Crippen molar-refractivity contribution in [3.05, 3.63) is 18.2 Å². The number of aromatic amines is 1. The van der Waals surface area contributed by atoms with Gasteiger partial charge in [-0.05, 0) is 0 Å². The molecule has 1 amide bonds. The standard InChI is InChI=1S/C8H11N3O4/c1-14-7(12)6(15-8(9)13)2-5-3-10-4-11-5/h3-4,6H,2H2,1H3,(H2,9,13)(H,10,11). The van der Waals surface area contributed by atoms with Crippen LogP contribution < -0.4 is 5.73 Å². The molecule has 0 saturated heterocycles. The van der Waals surface area contributed by atoms with E-state index in [-0.39, 0.29) is 6.42 Å². The smallest absolute Gasteiger partial charge is 0.405 e. The molecule has 7 heteroatoms. The minimum atomic E-state index is -1.05. The van der Waals surface area contributed by atoms with E-state index < -0.39 is 18.2 Å². The minimum absolute atomic E-state index is 0.148. The van der Waals surface area contributed by atoms with Crippen LogP contribution in [0.5, 0.6) is 0 Å². The molecule has 1 rings (SSSR count). The Hall–Kier alpha value is -2.05. The maximum Gasteiger partial charge on any atom is 0.405 e. The van der Waals surface area contributed by atoms with Gasteiger partial charge in [0.15, 0.2) is 0 Å². The third kappa shape index (κ3) is 3.29. The van der Waals surface area contributed by atoms with Crippen LogP contribution >= 0.6 is 0 Å². The van der Waals surface area contributed by atoms with Crippen molar-refractivity contribution in [1.82, 2.24) is 9.97 Å². The molecule has 3 N–H and O–H groups in total. The van der Waals surface area contributed by atoms with Crippen molar-refractivity contribution in [1.29, 1.82) is 0 Å². The van der Waals surface area contributed by atoms with Crippen molar-refractivity contribution >= 4 is 12.1 Å². The first-order chi connectivity index (χ1) is 7.13. The number of aromatic nitrogens is 2. The number of nitrogens with one attached hydrogen (secondary N) is 1. The molecule has 7 nitrogen and oxygen atoms in total. The molecular formula is C8H11N3O4. The lowest BCUT2D eigenvalue weighted by Crippen LogP contribution is -2.32. The SMILES string of the molecule is COC(=O)C(Cc1cnc[nH]1)OC(N)=O. The van der Waals surface area contributed by atoms with Gasteiger partial charge in [-0.1, -0.05) is 0 Å².